The van der Waals surface area contributed by atoms with Crippen LogP contribution < -0.4 is 0 Å². The lowest BCUT2D eigenvalue weighted by atomic mass is 9.95. The van der Waals surface area contributed by atoms with Crippen LogP contribution in [0.25, 0.3) is 94.3 Å². The Balaban J connectivity index is 1.36. The van der Waals surface area contributed by atoms with E-state index in [0.717, 1.165) is 77.7 Å². The topological polar surface area (TPSA) is 43.6 Å². The molecule has 10 rings (SSSR count). The van der Waals surface area contributed by atoms with E-state index in [1.54, 1.807) is 0 Å². The van der Waals surface area contributed by atoms with Crippen molar-refractivity contribution < 1.29 is 0 Å². The fourth-order valence-corrected chi connectivity index (χ4v) is 7.52. The normalized spacial score (nSPS) is 11.5. The molecule has 0 aliphatic rings. The van der Waals surface area contributed by atoms with Crippen LogP contribution in [0.1, 0.15) is 0 Å². The van der Waals surface area contributed by atoms with Crippen LogP contribution in [0.2, 0.25) is 0 Å². The molecular weight excluding hydrogens is 621 g/mol. The quantitative estimate of drug-likeness (QED) is 0.174. The Kier molecular flexibility index (Phi) is 6.78. The van der Waals surface area contributed by atoms with Crippen LogP contribution in [0.5, 0.6) is 0 Å². The van der Waals surface area contributed by atoms with Crippen molar-refractivity contribution in [1.82, 2.24) is 19.5 Å². The van der Waals surface area contributed by atoms with Crippen LogP contribution in [0.3, 0.4) is 0 Å². The molecule has 3 heterocycles. The lowest BCUT2D eigenvalue weighted by Gasteiger charge is -2.13. The van der Waals surface area contributed by atoms with Gasteiger partial charge < -0.3 is 4.57 Å². The van der Waals surface area contributed by atoms with Gasteiger partial charge in [0.1, 0.15) is 0 Å². The molecule has 51 heavy (non-hydrogen) atoms. The number of benzene rings is 7. The van der Waals surface area contributed by atoms with Crippen LogP contribution in [0, 0.1) is 0 Å². The molecule has 3 aromatic heterocycles. The number of aromatic nitrogens is 4. The summed E-state index contributed by atoms with van der Waals surface area (Å²) in [4.78, 5) is 15.6. The molecule has 10 aromatic rings. The Bertz CT molecular complexity index is 2820. The average molecular weight is 651 g/mol. The molecule has 4 nitrogen and oxygen atoms in total. The maximum atomic E-state index is 5.29. The molecule has 0 spiro atoms. The largest absolute Gasteiger partial charge is 0.309 e. The minimum absolute atomic E-state index is 0.696. The first-order valence-electron chi connectivity index (χ1n) is 17.2. The summed E-state index contributed by atoms with van der Waals surface area (Å²) in [5.74, 6) is 0.696. The number of hydrogen-bond donors (Lipinski definition) is 0. The predicted octanol–water partition coefficient (Wildman–Crippen LogP) is 11.9. The summed E-state index contributed by atoms with van der Waals surface area (Å²) in [6, 6.07) is 63.6. The Labute approximate surface area is 295 Å². The van der Waals surface area contributed by atoms with E-state index in [2.05, 4.69) is 162 Å². The van der Waals surface area contributed by atoms with Gasteiger partial charge in [0, 0.05) is 54.9 Å². The Morgan fingerprint density at radius 3 is 1.75 bits per heavy atom. The molecule has 0 aliphatic heterocycles. The number of hydrogen-bond acceptors (Lipinski definition) is 3. The standard InChI is InChI=1S/C47H30N4/c1-5-16-31(17-6-1)40-30-41(50-47(49-40)33-20-9-3-10-21-33)36-25-15-26-38-44-42(51(46(36)38)34-22-11-4-12-23-34)29-28-37-43(44)35-24-13-14-27-39(35)48-45(37)32-18-7-2-8-19-32/h1-30H. The fourth-order valence-electron chi connectivity index (χ4n) is 7.52. The summed E-state index contributed by atoms with van der Waals surface area (Å²) < 4.78 is 2.41. The minimum Gasteiger partial charge on any atom is -0.309 e. The van der Waals surface area contributed by atoms with E-state index in [0.29, 0.717) is 5.82 Å². The van der Waals surface area contributed by atoms with Gasteiger partial charge in [0.2, 0.25) is 0 Å². The van der Waals surface area contributed by atoms with Gasteiger partial charge in [0.15, 0.2) is 5.82 Å². The third-order valence-electron chi connectivity index (χ3n) is 9.78. The van der Waals surface area contributed by atoms with Gasteiger partial charge in [0.25, 0.3) is 0 Å². The van der Waals surface area contributed by atoms with Crippen molar-refractivity contribution in [2.24, 2.45) is 0 Å². The van der Waals surface area contributed by atoms with Gasteiger partial charge in [0.05, 0.1) is 33.6 Å². The highest BCUT2D eigenvalue weighted by molar-refractivity contribution is 6.30. The lowest BCUT2D eigenvalue weighted by Crippen LogP contribution is -1.99. The van der Waals surface area contributed by atoms with Crippen LogP contribution in [0.15, 0.2) is 182 Å². The molecule has 0 amide bonds. The average Bonchev–Trinajstić information content (AvgIpc) is 3.56. The zero-order valence-corrected chi connectivity index (χ0v) is 27.6. The van der Waals surface area contributed by atoms with Gasteiger partial charge in [-0.2, -0.15) is 0 Å². The van der Waals surface area contributed by atoms with Crippen molar-refractivity contribution in [1.29, 1.82) is 0 Å². The van der Waals surface area contributed by atoms with Crippen molar-refractivity contribution in [3.8, 4) is 50.8 Å². The van der Waals surface area contributed by atoms with E-state index in [4.69, 9.17) is 15.0 Å². The zero-order chi connectivity index (χ0) is 33.7. The third-order valence-corrected chi connectivity index (χ3v) is 9.78. The maximum absolute atomic E-state index is 5.29. The summed E-state index contributed by atoms with van der Waals surface area (Å²) in [6.07, 6.45) is 0. The van der Waals surface area contributed by atoms with E-state index >= 15 is 0 Å². The highest BCUT2D eigenvalue weighted by atomic mass is 15.0. The molecule has 0 radical (unpaired) electrons. The summed E-state index contributed by atoms with van der Waals surface area (Å²) in [5, 5.41) is 5.82. The van der Waals surface area contributed by atoms with Crippen LogP contribution in [-0.2, 0) is 0 Å². The van der Waals surface area contributed by atoms with Gasteiger partial charge in [-0.1, -0.05) is 152 Å². The van der Waals surface area contributed by atoms with Crippen LogP contribution in [0.4, 0.5) is 0 Å². The van der Waals surface area contributed by atoms with E-state index in [1.807, 2.05) is 24.3 Å². The molecule has 0 fully saturated rings. The van der Waals surface area contributed by atoms with E-state index in [1.165, 1.54) is 10.8 Å². The second-order valence-corrected chi connectivity index (χ2v) is 12.8. The third kappa shape index (κ3) is 4.80. The molecule has 0 atom stereocenters. The number of rotatable bonds is 5. The Morgan fingerprint density at radius 2 is 1.00 bits per heavy atom. The second-order valence-electron chi connectivity index (χ2n) is 12.8. The number of nitrogens with zero attached hydrogens (tertiary/aromatic N) is 4. The summed E-state index contributed by atoms with van der Waals surface area (Å²) in [5.41, 5.74) is 11.2. The van der Waals surface area contributed by atoms with Gasteiger partial charge in [-0.25, -0.2) is 15.0 Å². The highest BCUT2D eigenvalue weighted by Gasteiger charge is 2.22. The van der Waals surface area contributed by atoms with E-state index in [-0.39, 0.29) is 0 Å². The Morgan fingerprint density at radius 1 is 0.392 bits per heavy atom. The number of pyridine rings is 1. The fraction of sp³-hybridized carbons (Fsp3) is 0. The van der Waals surface area contributed by atoms with Gasteiger partial charge in [-0.3, -0.25) is 0 Å². The monoisotopic (exact) mass is 650 g/mol. The molecule has 0 unspecified atom stereocenters. The molecule has 0 aliphatic carbocycles. The molecule has 0 bridgehead atoms. The molecular formula is C47H30N4. The first-order chi connectivity index (χ1) is 25.3. The van der Waals surface area contributed by atoms with Gasteiger partial charge in [-0.05, 0) is 30.3 Å². The number of fused-ring (bicyclic) bond motifs is 7. The zero-order valence-electron chi connectivity index (χ0n) is 27.6. The molecule has 0 N–H and O–H groups in total. The van der Waals surface area contributed by atoms with Crippen LogP contribution in [-0.4, -0.2) is 19.5 Å². The molecule has 238 valence electrons. The molecule has 7 aromatic carbocycles. The second kappa shape index (κ2) is 11.9. The predicted molar refractivity (Wildman–Crippen MR) is 211 cm³/mol. The summed E-state index contributed by atoms with van der Waals surface area (Å²) >= 11 is 0. The van der Waals surface area contributed by atoms with Crippen molar-refractivity contribution in [2.75, 3.05) is 0 Å². The van der Waals surface area contributed by atoms with E-state index in [9.17, 15) is 0 Å². The maximum Gasteiger partial charge on any atom is 0.160 e. The van der Waals surface area contributed by atoms with Crippen molar-refractivity contribution in [2.45, 2.75) is 0 Å². The smallest absolute Gasteiger partial charge is 0.160 e. The molecule has 0 saturated heterocycles. The summed E-state index contributed by atoms with van der Waals surface area (Å²) in [7, 11) is 0. The first-order valence-corrected chi connectivity index (χ1v) is 17.2. The Hall–Kier alpha value is -6.91. The SMILES string of the molecule is c1ccc(-c2cc(-c3cccc4c5c6c(ccc5n(-c5ccccc5)c34)c(-c3ccccc3)nc3ccccc36)nc(-c3ccccc3)n2)cc1. The first kappa shape index (κ1) is 29.0. The molecule has 4 heteroatoms. The number of para-hydroxylation sites is 3. The van der Waals surface area contributed by atoms with Crippen LogP contribution >= 0.6 is 0 Å². The molecule has 0 saturated carbocycles. The van der Waals surface area contributed by atoms with Gasteiger partial charge >= 0.3 is 0 Å². The van der Waals surface area contributed by atoms with Crippen molar-refractivity contribution in [3.63, 3.8) is 0 Å². The highest BCUT2D eigenvalue weighted by Crippen LogP contribution is 2.44. The van der Waals surface area contributed by atoms with Gasteiger partial charge in [-0.15, -0.1) is 0 Å². The summed E-state index contributed by atoms with van der Waals surface area (Å²) in [6.45, 7) is 0. The van der Waals surface area contributed by atoms with Crippen molar-refractivity contribution in [3.05, 3.63) is 182 Å². The lowest BCUT2D eigenvalue weighted by molar-refractivity contribution is 1.16. The van der Waals surface area contributed by atoms with Crippen molar-refractivity contribution >= 4 is 43.5 Å². The van der Waals surface area contributed by atoms with E-state index < -0.39 is 0 Å². The minimum atomic E-state index is 0.696.